The minimum absolute atomic E-state index is 0.0761. The lowest BCUT2D eigenvalue weighted by molar-refractivity contribution is -0.116. The van der Waals surface area contributed by atoms with Crippen molar-refractivity contribution in [1.29, 1.82) is 0 Å². The van der Waals surface area contributed by atoms with Crippen LogP contribution in [-0.4, -0.2) is 31.1 Å². The topological polar surface area (TPSA) is 94.8 Å². The van der Waals surface area contributed by atoms with Crippen LogP contribution >= 0.6 is 0 Å². The van der Waals surface area contributed by atoms with Crippen molar-refractivity contribution in [2.45, 2.75) is 26.0 Å². The normalized spacial score (nSPS) is 10.6. The first-order chi connectivity index (χ1) is 15.3. The highest BCUT2D eigenvalue weighted by Gasteiger charge is 2.07. The Morgan fingerprint density at radius 1 is 1.03 bits per heavy atom. The highest BCUT2D eigenvalue weighted by Crippen LogP contribution is 2.19. The number of ether oxygens (including phenoxy) is 1. The van der Waals surface area contributed by atoms with Crippen LogP contribution in [0.4, 0.5) is 5.69 Å². The number of nitrogens with one attached hydrogen (secondary N) is 1. The molecule has 0 aliphatic heterocycles. The zero-order chi connectivity index (χ0) is 21.3. The molecule has 4 aromatic rings. The molecule has 2 heterocycles. The van der Waals surface area contributed by atoms with Crippen LogP contribution in [0.2, 0.25) is 0 Å². The van der Waals surface area contributed by atoms with Crippen LogP contribution in [0.1, 0.15) is 18.4 Å². The van der Waals surface area contributed by atoms with Crippen molar-refractivity contribution in [2.24, 2.45) is 0 Å². The smallest absolute Gasteiger partial charge is 0.224 e. The van der Waals surface area contributed by atoms with E-state index in [1.807, 2.05) is 60.7 Å². The quantitative estimate of drug-likeness (QED) is 0.448. The van der Waals surface area contributed by atoms with Crippen molar-refractivity contribution < 1.29 is 9.53 Å². The Morgan fingerprint density at radius 2 is 1.94 bits per heavy atom. The monoisotopic (exact) mass is 414 g/mol. The summed E-state index contributed by atoms with van der Waals surface area (Å²) in [6, 6.07) is 20.8. The van der Waals surface area contributed by atoms with Gasteiger partial charge in [0, 0.05) is 41.7 Å². The van der Waals surface area contributed by atoms with Gasteiger partial charge in [0.2, 0.25) is 11.7 Å². The Bertz CT molecular complexity index is 1120. The first-order valence-electron chi connectivity index (χ1n) is 10.0. The minimum atomic E-state index is -0.0761. The molecule has 0 spiro atoms. The molecule has 0 aliphatic rings. The third-order valence-electron chi connectivity index (χ3n) is 4.49. The Morgan fingerprint density at radius 3 is 2.77 bits per heavy atom. The number of hydrogen-bond donors (Lipinski definition) is 1. The van der Waals surface area contributed by atoms with Crippen LogP contribution in [0.15, 0.2) is 79.1 Å². The van der Waals surface area contributed by atoms with Gasteiger partial charge in [-0.2, -0.15) is 4.80 Å². The largest absolute Gasteiger partial charge is 0.489 e. The van der Waals surface area contributed by atoms with E-state index in [0.717, 1.165) is 11.1 Å². The van der Waals surface area contributed by atoms with Crippen molar-refractivity contribution in [3.63, 3.8) is 0 Å². The summed E-state index contributed by atoms with van der Waals surface area (Å²) in [6.07, 6.45) is 4.44. The van der Waals surface area contributed by atoms with Crippen LogP contribution < -0.4 is 10.1 Å². The van der Waals surface area contributed by atoms with E-state index >= 15 is 0 Å². The van der Waals surface area contributed by atoms with Gasteiger partial charge in [0.1, 0.15) is 12.4 Å². The fourth-order valence-corrected chi connectivity index (χ4v) is 2.96. The second-order valence-electron chi connectivity index (χ2n) is 6.90. The summed E-state index contributed by atoms with van der Waals surface area (Å²) in [5.74, 6) is 1.18. The molecular formula is C23H22N6O2. The first-order valence-corrected chi connectivity index (χ1v) is 10.0. The van der Waals surface area contributed by atoms with Gasteiger partial charge in [-0.3, -0.25) is 9.78 Å². The molecule has 1 N–H and O–H groups in total. The van der Waals surface area contributed by atoms with Crippen LogP contribution in [0, 0.1) is 0 Å². The van der Waals surface area contributed by atoms with Crippen molar-refractivity contribution in [3.05, 3.63) is 84.7 Å². The molecule has 0 saturated heterocycles. The van der Waals surface area contributed by atoms with Gasteiger partial charge in [-0.15, -0.1) is 10.2 Å². The molecule has 0 unspecified atom stereocenters. The molecule has 0 bridgehead atoms. The molecular weight excluding hydrogens is 392 g/mol. The SMILES string of the molecule is O=C(CCCn1nnc(-c2ccccc2)n1)Nc1cccc(OCc2cccnc2)c1. The Labute approximate surface area is 179 Å². The third kappa shape index (κ3) is 5.96. The standard InChI is InChI=1S/C23H22N6O2/c30-22(12-6-14-29-27-23(26-28-29)19-8-2-1-3-9-19)25-20-10-4-11-21(15-20)31-17-18-7-5-13-24-16-18/h1-5,7-11,13,15-16H,6,12,14,17H2,(H,25,30). The molecule has 8 nitrogen and oxygen atoms in total. The van der Waals surface area contributed by atoms with Crippen LogP contribution in [0.25, 0.3) is 11.4 Å². The average molecular weight is 414 g/mol. The maximum atomic E-state index is 12.3. The summed E-state index contributed by atoms with van der Waals surface area (Å²) in [6.45, 7) is 0.933. The molecule has 31 heavy (non-hydrogen) atoms. The lowest BCUT2D eigenvalue weighted by Gasteiger charge is -2.09. The molecule has 2 aromatic heterocycles. The number of carbonyl (C=O) groups is 1. The van der Waals surface area contributed by atoms with Crippen molar-refractivity contribution in [3.8, 4) is 17.1 Å². The van der Waals surface area contributed by atoms with E-state index in [0.29, 0.717) is 43.3 Å². The summed E-state index contributed by atoms with van der Waals surface area (Å²) in [7, 11) is 0. The molecule has 0 fully saturated rings. The van der Waals surface area contributed by atoms with E-state index in [2.05, 4.69) is 25.7 Å². The van der Waals surface area contributed by atoms with E-state index in [-0.39, 0.29) is 5.91 Å². The number of nitrogens with zero attached hydrogens (tertiary/aromatic N) is 5. The first kappa shape index (κ1) is 20.2. The average Bonchev–Trinajstić information content (AvgIpc) is 3.28. The number of aryl methyl sites for hydroxylation is 1. The lowest BCUT2D eigenvalue weighted by Crippen LogP contribution is -2.13. The summed E-state index contributed by atoms with van der Waals surface area (Å²) in [5.41, 5.74) is 2.59. The molecule has 0 atom stereocenters. The summed E-state index contributed by atoms with van der Waals surface area (Å²) in [4.78, 5) is 17.9. The number of carbonyl (C=O) groups excluding carboxylic acids is 1. The predicted octanol–water partition coefficient (Wildman–Crippen LogP) is 3.73. The minimum Gasteiger partial charge on any atom is -0.489 e. The second kappa shape index (κ2) is 10.1. The van der Waals surface area contributed by atoms with Gasteiger partial charge in [-0.25, -0.2) is 0 Å². The summed E-state index contributed by atoms with van der Waals surface area (Å²) >= 11 is 0. The summed E-state index contributed by atoms with van der Waals surface area (Å²) < 4.78 is 5.77. The number of benzene rings is 2. The second-order valence-corrected chi connectivity index (χ2v) is 6.90. The molecule has 0 aliphatic carbocycles. The van der Waals surface area contributed by atoms with Gasteiger partial charge >= 0.3 is 0 Å². The highest BCUT2D eigenvalue weighted by molar-refractivity contribution is 5.90. The van der Waals surface area contributed by atoms with Gasteiger partial charge in [-0.1, -0.05) is 42.5 Å². The Hall–Kier alpha value is -4.07. The fraction of sp³-hybridized carbons (Fsp3) is 0.174. The lowest BCUT2D eigenvalue weighted by atomic mass is 10.2. The number of tetrazole rings is 1. The molecule has 4 rings (SSSR count). The van der Waals surface area contributed by atoms with E-state index in [9.17, 15) is 4.79 Å². The number of amides is 1. The fourth-order valence-electron chi connectivity index (χ4n) is 2.96. The maximum Gasteiger partial charge on any atom is 0.224 e. The van der Waals surface area contributed by atoms with Crippen LogP contribution in [0.5, 0.6) is 5.75 Å². The number of aromatic nitrogens is 5. The Kier molecular flexibility index (Phi) is 6.59. The number of pyridine rings is 1. The maximum absolute atomic E-state index is 12.3. The molecule has 1 amide bonds. The number of hydrogen-bond acceptors (Lipinski definition) is 6. The van der Waals surface area contributed by atoms with Crippen molar-refractivity contribution in [1.82, 2.24) is 25.2 Å². The van der Waals surface area contributed by atoms with Gasteiger partial charge in [0.25, 0.3) is 0 Å². The van der Waals surface area contributed by atoms with Gasteiger partial charge in [-0.05, 0) is 29.8 Å². The molecule has 0 saturated carbocycles. The van der Waals surface area contributed by atoms with Crippen LogP contribution in [0.3, 0.4) is 0 Å². The third-order valence-corrected chi connectivity index (χ3v) is 4.49. The van der Waals surface area contributed by atoms with E-state index in [1.165, 1.54) is 4.80 Å². The molecule has 0 radical (unpaired) electrons. The predicted molar refractivity (Wildman–Crippen MR) is 116 cm³/mol. The van der Waals surface area contributed by atoms with Gasteiger partial charge < -0.3 is 10.1 Å². The zero-order valence-corrected chi connectivity index (χ0v) is 16.9. The number of rotatable bonds is 9. The molecule has 8 heteroatoms. The van der Waals surface area contributed by atoms with Crippen LogP contribution in [-0.2, 0) is 17.9 Å². The highest BCUT2D eigenvalue weighted by atomic mass is 16.5. The van der Waals surface area contributed by atoms with Crippen molar-refractivity contribution >= 4 is 11.6 Å². The van der Waals surface area contributed by atoms with Gasteiger partial charge in [0.05, 0.1) is 6.54 Å². The molecule has 156 valence electrons. The van der Waals surface area contributed by atoms with E-state index in [4.69, 9.17) is 4.74 Å². The van der Waals surface area contributed by atoms with Crippen molar-refractivity contribution in [2.75, 3.05) is 5.32 Å². The number of anilines is 1. The zero-order valence-electron chi connectivity index (χ0n) is 16.9. The summed E-state index contributed by atoms with van der Waals surface area (Å²) in [5, 5.41) is 15.4. The van der Waals surface area contributed by atoms with E-state index in [1.54, 1.807) is 18.5 Å². The Balaban J connectivity index is 1.23. The van der Waals surface area contributed by atoms with Gasteiger partial charge in [0.15, 0.2) is 0 Å². The molecule has 2 aromatic carbocycles. The van der Waals surface area contributed by atoms with E-state index < -0.39 is 0 Å².